The van der Waals surface area contributed by atoms with E-state index in [0.29, 0.717) is 6.04 Å². The van der Waals surface area contributed by atoms with Gasteiger partial charge < -0.3 is 0 Å². The van der Waals surface area contributed by atoms with Crippen LogP contribution in [0.3, 0.4) is 0 Å². The van der Waals surface area contributed by atoms with Crippen molar-refractivity contribution in [3.05, 3.63) is 0 Å². The van der Waals surface area contributed by atoms with E-state index in [9.17, 15) is 0 Å². The van der Waals surface area contributed by atoms with Crippen LogP contribution >= 0.6 is 0 Å². The summed E-state index contributed by atoms with van der Waals surface area (Å²) >= 11 is 0. The maximum Gasteiger partial charge on any atom is 0.0212 e. The molecule has 1 aliphatic heterocycles. The molecule has 1 rings (SSSR count). The smallest absolute Gasteiger partial charge is 0.0212 e. The van der Waals surface area contributed by atoms with Crippen LogP contribution in [0, 0.1) is 0 Å². The van der Waals surface area contributed by atoms with Crippen molar-refractivity contribution in [1.82, 2.24) is 5.01 Å². The molecule has 0 aromatic carbocycles. The lowest BCUT2D eigenvalue weighted by atomic mass is 10.1. The standard InChI is InChI=1S/C7H16N2/c1-7-5-3-2-4-6-9(7)8/h7H,2-6,8H2,1H3. The van der Waals surface area contributed by atoms with E-state index in [1.165, 1.54) is 25.7 Å². The zero-order chi connectivity index (χ0) is 6.69. The molecule has 2 N–H and O–H groups in total. The van der Waals surface area contributed by atoms with Gasteiger partial charge in [0.2, 0.25) is 0 Å². The van der Waals surface area contributed by atoms with E-state index in [0.717, 1.165) is 6.54 Å². The van der Waals surface area contributed by atoms with Gasteiger partial charge in [-0.15, -0.1) is 0 Å². The Balaban J connectivity index is 2.32. The molecule has 1 heterocycles. The monoisotopic (exact) mass is 128 g/mol. The molecular formula is C7H16N2. The fourth-order valence-corrected chi connectivity index (χ4v) is 1.30. The minimum Gasteiger partial charge on any atom is -0.269 e. The average molecular weight is 128 g/mol. The molecule has 1 fully saturated rings. The van der Waals surface area contributed by atoms with E-state index < -0.39 is 0 Å². The Morgan fingerprint density at radius 1 is 1.33 bits per heavy atom. The highest BCUT2D eigenvalue weighted by Gasteiger charge is 2.11. The van der Waals surface area contributed by atoms with Gasteiger partial charge in [0.25, 0.3) is 0 Å². The number of hydrazine groups is 1. The summed E-state index contributed by atoms with van der Waals surface area (Å²) in [4.78, 5) is 0. The molecule has 2 nitrogen and oxygen atoms in total. The lowest BCUT2D eigenvalue weighted by Gasteiger charge is -2.20. The second-order valence-corrected chi connectivity index (χ2v) is 2.94. The zero-order valence-corrected chi connectivity index (χ0v) is 6.14. The lowest BCUT2D eigenvalue weighted by molar-refractivity contribution is 0.219. The first-order valence-electron chi connectivity index (χ1n) is 3.82. The van der Waals surface area contributed by atoms with Crippen LogP contribution in [0.4, 0.5) is 0 Å². The van der Waals surface area contributed by atoms with Gasteiger partial charge in [0.15, 0.2) is 0 Å². The van der Waals surface area contributed by atoms with E-state index in [1.54, 1.807) is 0 Å². The van der Waals surface area contributed by atoms with Crippen LogP contribution in [-0.4, -0.2) is 17.6 Å². The van der Waals surface area contributed by atoms with Crippen molar-refractivity contribution in [2.24, 2.45) is 5.84 Å². The molecule has 0 radical (unpaired) electrons. The molecular weight excluding hydrogens is 112 g/mol. The molecule has 2 heteroatoms. The summed E-state index contributed by atoms with van der Waals surface area (Å²) in [6, 6.07) is 0.604. The number of hydrogen-bond donors (Lipinski definition) is 1. The fraction of sp³-hybridized carbons (Fsp3) is 1.00. The van der Waals surface area contributed by atoms with Crippen molar-refractivity contribution in [2.45, 2.75) is 38.6 Å². The quantitative estimate of drug-likeness (QED) is 0.495. The van der Waals surface area contributed by atoms with Crippen molar-refractivity contribution in [3.63, 3.8) is 0 Å². The molecule has 54 valence electrons. The topological polar surface area (TPSA) is 29.3 Å². The van der Waals surface area contributed by atoms with Crippen LogP contribution in [0.5, 0.6) is 0 Å². The largest absolute Gasteiger partial charge is 0.269 e. The number of nitrogens with zero attached hydrogens (tertiary/aromatic N) is 1. The summed E-state index contributed by atoms with van der Waals surface area (Å²) in [6.45, 7) is 3.28. The highest BCUT2D eigenvalue weighted by Crippen LogP contribution is 2.12. The SMILES string of the molecule is CC1CCCCCN1N. The average Bonchev–Trinajstić information content (AvgIpc) is 1.99. The third-order valence-electron chi connectivity index (χ3n) is 2.10. The van der Waals surface area contributed by atoms with E-state index in [4.69, 9.17) is 5.84 Å². The summed E-state index contributed by atoms with van der Waals surface area (Å²) in [6.07, 6.45) is 5.27. The predicted molar refractivity (Wildman–Crippen MR) is 38.8 cm³/mol. The van der Waals surface area contributed by atoms with Crippen LogP contribution in [0.1, 0.15) is 32.6 Å². The Bertz CT molecular complexity index is 73.0. The first kappa shape index (κ1) is 7.03. The second-order valence-electron chi connectivity index (χ2n) is 2.94. The van der Waals surface area contributed by atoms with Crippen molar-refractivity contribution in [3.8, 4) is 0 Å². The van der Waals surface area contributed by atoms with E-state index >= 15 is 0 Å². The van der Waals surface area contributed by atoms with E-state index in [-0.39, 0.29) is 0 Å². The molecule has 0 bridgehead atoms. The summed E-state index contributed by atoms with van der Waals surface area (Å²) in [5.74, 6) is 5.71. The van der Waals surface area contributed by atoms with Gasteiger partial charge in [-0.3, -0.25) is 5.84 Å². The molecule has 0 aliphatic carbocycles. The molecule has 0 spiro atoms. The van der Waals surface area contributed by atoms with Gasteiger partial charge in [0, 0.05) is 12.6 Å². The Labute approximate surface area is 57.0 Å². The van der Waals surface area contributed by atoms with Gasteiger partial charge in [-0.2, -0.15) is 0 Å². The molecule has 1 unspecified atom stereocenters. The van der Waals surface area contributed by atoms with Gasteiger partial charge in [-0.1, -0.05) is 12.8 Å². The van der Waals surface area contributed by atoms with Crippen LogP contribution in [0.2, 0.25) is 0 Å². The maximum atomic E-state index is 5.71. The highest BCUT2D eigenvalue weighted by molar-refractivity contribution is 4.65. The van der Waals surface area contributed by atoms with Gasteiger partial charge >= 0.3 is 0 Å². The van der Waals surface area contributed by atoms with E-state index in [1.807, 2.05) is 5.01 Å². The van der Waals surface area contributed by atoms with Crippen LogP contribution in [0.25, 0.3) is 0 Å². The Hall–Kier alpha value is -0.0800. The summed E-state index contributed by atoms with van der Waals surface area (Å²) in [7, 11) is 0. The van der Waals surface area contributed by atoms with Gasteiger partial charge in [-0.25, -0.2) is 5.01 Å². The fourth-order valence-electron chi connectivity index (χ4n) is 1.30. The maximum absolute atomic E-state index is 5.71. The Morgan fingerprint density at radius 3 is 2.89 bits per heavy atom. The molecule has 0 aromatic rings. The van der Waals surface area contributed by atoms with Crippen molar-refractivity contribution in [1.29, 1.82) is 0 Å². The Kier molecular flexibility index (Phi) is 2.49. The van der Waals surface area contributed by atoms with Crippen LogP contribution in [0.15, 0.2) is 0 Å². The Morgan fingerprint density at radius 2 is 2.11 bits per heavy atom. The molecule has 1 saturated heterocycles. The highest BCUT2D eigenvalue weighted by atomic mass is 15.4. The van der Waals surface area contributed by atoms with Gasteiger partial charge in [-0.05, 0) is 19.8 Å². The second kappa shape index (κ2) is 3.18. The number of hydrogen-bond acceptors (Lipinski definition) is 2. The van der Waals surface area contributed by atoms with Crippen LogP contribution in [-0.2, 0) is 0 Å². The number of rotatable bonds is 0. The third-order valence-corrected chi connectivity index (χ3v) is 2.10. The molecule has 1 aliphatic rings. The van der Waals surface area contributed by atoms with Crippen LogP contribution < -0.4 is 5.84 Å². The molecule has 0 aromatic heterocycles. The number of nitrogens with two attached hydrogens (primary N) is 1. The molecule has 0 amide bonds. The van der Waals surface area contributed by atoms with Gasteiger partial charge in [0.05, 0.1) is 0 Å². The van der Waals surface area contributed by atoms with Crippen molar-refractivity contribution >= 4 is 0 Å². The summed E-state index contributed by atoms with van der Waals surface area (Å²) in [5.41, 5.74) is 0. The minimum atomic E-state index is 0.604. The molecule has 0 saturated carbocycles. The zero-order valence-electron chi connectivity index (χ0n) is 6.14. The minimum absolute atomic E-state index is 0.604. The lowest BCUT2D eigenvalue weighted by Crippen LogP contribution is -2.38. The molecule has 1 atom stereocenters. The van der Waals surface area contributed by atoms with Gasteiger partial charge in [0.1, 0.15) is 0 Å². The van der Waals surface area contributed by atoms with Crippen molar-refractivity contribution in [2.75, 3.05) is 6.54 Å². The van der Waals surface area contributed by atoms with E-state index in [2.05, 4.69) is 6.92 Å². The third kappa shape index (κ3) is 1.95. The first-order valence-corrected chi connectivity index (χ1v) is 3.82. The first-order chi connectivity index (χ1) is 4.30. The predicted octanol–water partition coefficient (Wildman–Crippen LogP) is 1.12. The summed E-state index contributed by atoms with van der Waals surface area (Å²) < 4.78 is 0. The van der Waals surface area contributed by atoms with Crippen molar-refractivity contribution < 1.29 is 0 Å². The summed E-state index contributed by atoms with van der Waals surface area (Å²) in [5, 5.41) is 1.97. The molecule has 9 heavy (non-hydrogen) atoms. The normalized spacial score (nSPS) is 32.0.